The molecule has 0 radical (unpaired) electrons. The van der Waals surface area contributed by atoms with Crippen molar-refractivity contribution in [3.63, 3.8) is 0 Å². The molecule has 4 rings (SSSR count). The number of carbonyl (C=O) groups is 4. The van der Waals surface area contributed by atoms with Gasteiger partial charge in [-0.1, -0.05) is 0 Å². The Kier molecular flexibility index (Phi) is 4.41. The van der Waals surface area contributed by atoms with Gasteiger partial charge in [0.1, 0.15) is 11.9 Å². The highest BCUT2D eigenvalue weighted by Gasteiger charge is 2.46. The van der Waals surface area contributed by atoms with Crippen LogP contribution in [0, 0.1) is 5.82 Å². The second-order valence-electron chi connectivity index (χ2n) is 7.67. The number of nitrogens with one attached hydrogen (secondary N) is 2. The molecule has 3 heterocycles. The highest BCUT2D eigenvalue weighted by atomic mass is 19.1. The van der Waals surface area contributed by atoms with Crippen LogP contribution in [0.4, 0.5) is 10.1 Å². The largest absolute Gasteiger partial charge is 0.368 e. The number of carbonyl (C=O) groups excluding carboxylic acids is 4. The van der Waals surface area contributed by atoms with Gasteiger partial charge in [-0.15, -0.1) is 0 Å². The van der Waals surface area contributed by atoms with Crippen LogP contribution in [0.5, 0.6) is 0 Å². The van der Waals surface area contributed by atoms with E-state index in [0.717, 1.165) is 4.90 Å². The number of hydrogen-bond donors (Lipinski definition) is 2. The van der Waals surface area contributed by atoms with E-state index in [-0.39, 0.29) is 36.1 Å². The number of anilines is 1. The van der Waals surface area contributed by atoms with Gasteiger partial charge < -0.3 is 10.2 Å². The standard InChI is InChI=1S/C19H21FN4O4/c1-9-7-23(8-10(2)21-9)11-5-12-16(13(20)6-11)19(28)24(18(12)27)14-3-4-15(25)22-17(14)26/h5-6,9-10,14,21H,3-4,7-8H2,1-2H3,(H,22,25,26). The average Bonchev–Trinajstić information content (AvgIpc) is 2.86. The zero-order valence-electron chi connectivity index (χ0n) is 15.6. The Balaban J connectivity index is 1.68. The molecule has 28 heavy (non-hydrogen) atoms. The van der Waals surface area contributed by atoms with E-state index in [1.54, 1.807) is 0 Å². The zero-order chi connectivity index (χ0) is 20.2. The molecule has 1 aromatic rings. The molecule has 1 aromatic carbocycles. The van der Waals surface area contributed by atoms with Gasteiger partial charge >= 0.3 is 0 Å². The van der Waals surface area contributed by atoms with Crippen molar-refractivity contribution in [2.24, 2.45) is 0 Å². The van der Waals surface area contributed by atoms with Crippen LogP contribution in [0.2, 0.25) is 0 Å². The van der Waals surface area contributed by atoms with Crippen LogP contribution in [0.25, 0.3) is 0 Å². The van der Waals surface area contributed by atoms with Crippen LogP contribution < -0.4 is 15.5 Å². The molecule has 4 amide bonds. The first-order chi connectivity index (χ1) is 13.3. The lowest BCUT2D eigenvalue weighted by Gasteiger charge is -2.37. The van der Waals surface area contributed by atoms with Gasteiger partial charge in [-0.05, 0) is 32.4 Å². The van der Waals surface area contributed by atoms with Gasteiger partial charge in [0.2, 0.25) is 11.8 Å². The molecule has 0 aromatic heterocycles. The van der Waals surface area contributed by atoms with Crippen LogP contribution in [-0.4, -0.2) is 59.7 Å². The van der Waals surface area contributed by atoms with Crippen LogP contribution >= 0.6 is 0 Å². The first-order valence-corrected chi connectivity index (χ1v) is 9.32. The lowest BCUT2D eigenvalue weighted by Crippen LogP contribution is -2.54. The first-order valence-electron chi connectivity index (χ1n) is 9.32. The number of fused-ring (bicyclic) bond motifs is 1. The Morgan fingerprint density at radius 2 is 1.71 bits per heavy atom. The number of halogens is 1. The van der Waals surface area contributed by atoms with Crippen molar-refractivity contribution in [3.05, 3.63) is 29.1 Å². The molecule has 2 saturated heterocycles. The van der Waals surface area contributed by atoms with E-state index < -0.39 is 35.5 Å². The van der Waals surface area contributed by atoms with E-state index in [1.807, 2.05) is 18.7 Å². The Labute approximate surface area is 161 Å². The van der Waals surface area contributed by atoms with Crippen molar-refractivity contribution in [2.45, 2.75) is 44.8 Å². The van der Waals surface area contributed by atoms with E-state index in [2.05, 4.69) is 10.6 Å². The predicted octanol–water partition coefficient (Wildman–Crippen LogP) is 0.413. The summed E-state index contributed by atoms with van der Waals surface area (Å²) in [6, 6.07) is 2.07. The monoisotopic (exact) mass is 388 g/mol. The first kappa shape index (κ1) is 18.5. The summed E-state index contributed by atoms with van der Waals surface area (Å²) >= 11 is 0. The Bertz CT molecular complexity index is 892. The summed E-state index contributed by atoms with van der Waals surface area (Å²) in [4.78, 5) is 51.8. The summed E-state index contributed by atoms with van der Waals surface area (Å²) in [5, 5.41) is 5.51. The molecule has 2 fully saturated rings. The van der Waals surface area contributed by atoms with E-state index >= 15 is 0 Å². The number of amides is 4. The fraction of sp³-hybridized carbons (Fsp3) is 0.474. The summed E-state index contributed by atoms with van der Waals surface area (Å²) in [5.74, 6) is -3.48. The third-order valence-corrected chi connectivity index (χ3v) is 5.40. The number of nitrogens with zero attached hydrogens (tertiary/aromatic N) is 2. The van der Waals surface area contributed by atoms with Crippen molar-refractivity contribution >= 4 is 29.3 Å². The number of benzene rings is 1. The fourth-order valence-electron chi connectivity index (χ4n) is 4.25. The maximum atomic E-state index is 14.8. The maximum absolute atomic E-state index is 14.8. The molecule has 0 saturated carbocycles. The SMILES string of the molecule is CC1CN(c2cc(F)c3c(c2)C(=O)N(C2CCC(=O)NC2=O)C3=O)CC(C)N1. The summed E-state index contributed by atoms with van der Waals surface area (Å²) in [7, 11) is 0. The van der Waals surface area contributed by atoms with E-state index in [0.29, 0.717) is 18.8 Å². The van der Waals surface area contributed by atoms with Gasteiger partial charge in [0.05, 0.1) is 11.1 Å². The van der Waals surface area contributed by atoms with Crippen molar-refractivity contribution in [2.75, 3.05) is 18.0 Å². The third-order valence-electron chi connectivity index (χ3n) is 5.40. The lowest BCUT2D eigenvalue weighted by atomic mass is 10.0. The van der Waals surface area contributed by atoms with Crippen molar-refractivity contribution < 1.29 is 23.6 Å². The van der Waals surface area contributed by atoms with Crippen LogP contribution in [0.1, 0.15) is 47.4 Å². The van der Waals surface area contributed by atoms with E-state index in [9.17, 15) is 23.6 Å². The highest BCUT2D eigenvalue weighted by Crippen LogP contribution is 2.33. The van der Waals surface area contributed by atoms with E-state index in [1.165, 1.54) is 12.1 Å². The van der Waals surface area contributed by atoms with Gasteiger partial charge in [0.25, 0.3) is 11.8 Å². The number of rotatable bonds is 2. The molecule has 3 aliphatic heterocycles. The molecule has 0 aliphatic carbocycles. The minimum absolute atomic E-state index is 0.0219. The third kappa shape index (κ3) is 2.95. The molecule has 3 atom stereocenters. The molecular weight excluding hydrogens is 367 g/mol. The molecule has 0 spiro atoms. The van der Waals surface area contributed by atoms with Crippen molar-refractivity contribution in [1.82, 2.24) is 15.5 Å². The van der Waals surface area contributed by atoms with Crippen LogP contribution in [0.15, 0.2) is 12.1 Å². The Morgan fingerprint density at radius 3 is 2.36 bits per heavy atom. The second kappa shape index (κ2) is 6.66. The van der Waals surface area contributed by atoms with E-state index in [4.69, 9.17) is 0 Å². The quantitative estimate of drug-likeness (QED) is 0.713. The topological polar surface area (TPSA) is 98.8 Å². The molecule has 0 bridgehead atoms. The lowest BCUT2D eigenvalue weighted by molar-refractivity contribution is -0.136. The van der Waals surface area contributed by atoms with Gasteiger partial charge in [-0.3, -0.25) is 29.4 Å². The second-order valence-corrected chi connectivity index (χ2v) is 7.67. The van der Waals surface area contributed by atoms with Crippen LogP contribution in [0.3, 0.4) is 0 Å². The van der Waals surface area contributed by atoms with Gasteiger partial charge in [0.15, 0.2) is 0 Å². The smallest absolute Gasteiger partial charge is 0.265 e. The summed E-state index contributed by atoms with van der Waals surface area (Å²) < 4.78 is 14.8. The minimum Gasteiger partial charge on any atom is -0.368 e. The van der Waals surface area contributed by atoms with Crippen LogP contribution in [-0.2, 0) is 9.59 Å². The number of hydrogen-bond acceptors (Lipinski definition) is 6. The Morgan fingerprint density at radius 1 is 1.04 bits per heavy atom. The molecule has 3 aliphatic rings. The fourth-order valence-corrected chi connectivity index (χ4v) is 4.25. The van der Waals surface area contributed by atoms with Crippen molar-refractivity contribution in [1.29, 1.82) is 0 Å². The molecule has 9 heteroatoms. The number of imide groups is 2. The average molecular weight is 388 g/mol. The predicted molar refractivity (Wildman–Crippen MR) is 97.3 cm³/mol. The summed E-state index contributed by atoms with van der Waals surface area (Å²) in [6.07, 6.45) is 0.0610. The van der Waals surface area contributed by atoms with Gasteiger partial charge in [-0.2, -0.15) is 0 Å². The maximum Gasteiger partial charge on any atom is 0.265 e. The summed E-state index contributed by atoms with van der Waals surface area (Å²) in [5.41, 5.74) is 0.181. The van der Waals surface area contributed by atoms with Gasteiger partial charge in [-0.25, -0.2) is 4.39 Å². The zero-order valence-corrected chi connectivity index (χ0v) is 15.6. The summed E-state index contributed by atoms with van der Waals surface area (Å²) in [6.45, 7) is 5.32. The molecule has 8 nitrogen and oxygen atoms in total. The highest BCUT2D eigenvalue weighted by molar-refractivity contribution is 6.23. The van der Waals surface area contributed by atoms with Gasteiger partial charge in [0, 0.05) is 37.3 Å². The molecular formula is C19H21FN4O4. The Hall–Kier alpha value is -2.81. The molecule has 2 N–H and O–H groups in total. The normalized spacial score (nSPS) is 27.9. The molecule has 148 valence electrons. The number of piperazine rings is 1. The molecule has 3 unspecified atom stereocenters. The van der Waals surface area contributed by atoms with Crippen molar-refractivity contribution in [3.8, 4) is 0 Å². The number of piperidine rings is 1. The minimum atomic E-state index is -1.10.